The van der Waals surface area contributed by atoms with Gasteiger partial charge in [0.25, 0.3) is 5.91 Å². The Labute approximate surface area is 164 Å². The summed E-state index contributed by atoms with van der Waals surface area (Å²) in [6.07, 6.45) is 3.02. The average molecular weight is 380 g/mol. The second-order valence-electron chi connectivity index (χ2n) is 7.85. The summed E-state index contributed by atoms with van der Waals surface area (Å²) in [5, 5.41) is 3.01. The first-order valence-corrected chi connectivity index (χ1v) is 9.95. The van der Waals surface area contributed by atoms with Crippen LogP contribution in [0.1, 0.15) is 42.1 Å². The second-order valence-corrected chi connectivity index (χ2v) is 7.85. The first-order valence-electron chi connectivity index (χ1n) is 9.95. The highest BCUT2D eigenvalue weighted by Gasteiger charge is 2.60. The Bertz CT molecular complexity index is 868. The third kappa shape index (κ3) is 3.09. The third-order valence-corrected chi connectivity index (χ3v) is 6.22. The highest BCUT2D eigenvalue weighted by molar-refractivity contribution is 5.96. The van der Waals surface area contributed by atoms with Gasteiger partial charge in [0.2, 0.25) is 5.91 Å². The monoisotopic (exact) mass is 380 g/mol. The van der Waals surface area contributed by atoms with Crippen LogP contribution in [0.15, 0.2) is 54.6 Å². The largest absolute Gasteiger partial charge is 0.356 e. The predicted octanol–water partition coefficient (Wildman–Crippen LogP) is 3.57. The van der Waals surface area contributed by atoms with E-state index in [9.17, 15) is 14.0 Å². The molecule has 1 N–H and O–H groups in total. The van der Waals surface area contributed by atoms with Gasteiger partial charge in [-0.05, 0) is 62.4 Å². The van der Waals surface area contributed by atoms with E-state index in [1.165, 1.54) is 24.3 Å². The van der Waals surface area contributed by atoms with Crippen molar-refractivity contribution in [2.75, 3.05) is 6.54 Å². The molecule has 4 rings (SSSR count). The van der Waals surface area contributed by atoms with E-state index in [0.29, 0.717) is 24.9 Å². The molecule has 2 aliphatic rings. The van der Waals surface area contributed by atoms with Crippen molar-refractivity contribution in [2.24, 2.45) is 5.41 Å². The fourth-order valence-electron chi connectivity index (χ4n) is 5.04. The zero-order chi connectivity index (χ0) is 19.7. The number of nitrogens with zero attached hydrogens (tertiary/aromatic N) is 1. The van der Waals surface area contributed by atoms with Crippen molar-refractivity contribution < 1.29 is 14.0 Å². The van der Waals surface area contributed by atoms with Gasteiger partial charge in [-0.3, -0.25) is 9.59 Å². The molecule has 0 aromatic heterocycles. The molecule has 0 radical (unpaired) electrons. The number of amides is 2. The maximum atomic E-state index is 13.3. The van der Waals surface area contributed by atoms with Gasteiger partial charge in [0.1, 0.15) is 5.82 Å². The zero-order valence-electron chi connectivity index (χ0n) is 16.0. The van der Waals surface area contributed by atoms with Crippen molar-refractivity contribution in [1.29, 1.82) is 0 Å². The molecule has 0 saturated carbocycles. The molecule has 2 bridgehead atoms. The van der Waals surface area contributed by atoms with Crippen molar-refractivity contribution in [3.05, 3.63) is 71.5 Å². The number of carbonyl (C=O) groups is 2. The molecule has 2 fully saturated rings. The van der Waals surface area contributed by atoms with Crippen LogP contribution in [-0.4, -0.2) is 35.3 Å². The Balaban J connectivity index is 1.68. The van der Waals surface area contributed by atoms with Gasteiger partial charge in [-0.1, -0.05) is 30.3 Å². The quantitative estimate of drug-likeness (QED) is 0.862. The fourth-order valence-corrected chi connectivity index (χ4v) is 5.04. The molecule has 28 heavy (non-hydrogen) atoms. The van der Waals surface area contributed by atoms with Crippen LogP contribution >= 0.6 is 0 Å². The van der Waals surface area contributed by atoms with Gasteiger partial charge in [0, 0.05) is 24.2 Å². The van der Waals surface area contributed by atoms with Crippen molar-refractivity contribution >= 4 is 11.8 Å². The second kappa shape index (κ2) is 7.38. The van der Waals surface area contributed by atoms with Gasteiger partial charge >= 0.3 is 0 Å². The van der Waals surface area contributed by atoms with Gasteiger partial charge in [0.15, 0.2) is 0 Å². The van der Waals surface area contributed by atoms with Crippen LogP contribution in [0, 0.1) is 11.2 Å². The van der Waals surface area contributed by atoms with Crippen LogP contribution in [0.4, 0.5) is 4.39 Å². The lowest BCUT2D eigenvalue weighted by molar-refractivity contribution is -0.132. The Kier molecular flexibility index (Phi) is 4.92. The molecule has 2 aliphatic heterocycles. The number of hydrogen-bond donors (Lipinski definition) is 1. The Morgan fingerprint density at radius 3 is 2.50 bits per heavy atom. The zero-order valence-corrected chi connectivity index (χ0v) is 16.0. The van der Waals surface area contributed by atoms with Crippen LogP contribution < -0.4 is 5.32 Å². The summed E-state index contributed by atoms with van der Waals surface area (Å²) >= 11 is 0. The van der Waals surface area contributed by atoms with Crippen molar-refractivity contribution in [3.8, 4) is 0 Å². The van der Waals surface area contributed by atoms with E-state index in [1.807, 2.05) is 42.2 Å². The van der Waals surface area contributed by atoms with E-state index in [2.05, 4.69) is 5.32 Å². The predicted molar refractivity (Wildman–Crippen MR) is 105 cm³/mol. The number of nitrogens with one attached hydrogen (secondary N) is 1. The Morgan fingerprint density at radius 2 is 1.82 bits per heavy atom. The average Bonchev–Trinajstić information content (AvgIpc) is 3.25. The highest BCUT2D eigenvalue weighted by Crippen LogP contribution is 2.52. The van der Waals surface area contributed by atoms with E-state index >= 15 is 0 Å². The Hall–Kier alpha value is -2.69. The topological polar surface area (TPSA) is 49.4 Å². The number of hydrogen-bond acceptors (Lipinski definition) is 2. The molecule has 2 amide bonds. The van der Waals surface area contributed by atoms with Crippen LogP contribution in [-0.2, 0) is 11.2 Å². The summed E-state index contributed by atoms with van der Waals surface area (Å²) in [6.45, 7) is 2.49. The van der Waals surface area contributed by atoms with Crippen LogP contribution in [0.25, 0.3) is 0 Å². The molecule has 2 aromatic carbocycles. The maximum Gasteiger partial charge on any atom is 0.254 e. The lowest BCUT2D eigenvalue weighted by atomic mass is 9.69. The SMILES string of the molecule is CCNC(=O)[C@]1(Cc2ccccc2)C[C@@H]2CC[C@H]1N2C(=O)c1ccc(F)cc1. The number of rotatable bonds is 5. The molecular weight excluding hydrogens is 355 g/mol. The van der Waals surface area contributed by atoms with Gasteiger partial charge in [-0.2, -0.15) is 0 Å². The number of benzene rings is 2. The highest BCUT2D eigenvalue weighted by atomic mass is 19.1. The summed E-state index contributed by atoms with van der Waals surface area (Å²) in [5.41, 5.74) is 0.968. The van der Waals surface area contributed by atoms with E-state index < -0.39 is 5.41 Å². The van der Waals surface area contributed by atoms with E-state index in [0.717, 1.165) is 18.4 Å². The van der Waals surface area contributed by atoms with E-state index in [1.54, 1.807) is 0 Å². The number of carbonyl (C=O) groups excluding carboxylic acids is 2. The number of halogens is 1. The van der Waals surface area contributed by atoms with Gasteiger partial charge in [0.05, 0.1) is 5.41 Å². The molecule has 2 saturated heterocycles. The number of fused-ring (bicyclic) bond motifs is 2. The first-order chi connectivity index (χ1) is 13.5. The molecule has 2 aromatic rings. The molecule has 5 heteroatoms. The summed E-state index contributed by atoms with van der Waals surface area (Å²) in [7, 11) is 0. The minimum absolute atomic E-state index is 0.0305. The third-order valence-electron chi connectivity index (χ3n) is 6.22. The van der Waals surface area contributed by atoms with E-state index in [4.69, 9.17) is 0 Å². The van der Waals surface area contributed by atoms with Crippen LogP contribution in [0.2, 0.25) is 0 Å². The minimum Gasteiger partial charge on any atom is -0.356 e. The fraction of sp³-hybridized carbons (Fsp3) is 0.391. The first kappa shape index (κ1) is 18.7. The summed E-state index contributed by atoms with van der Waals surface area (Å²) in [6, 6.07) is 15.6. The molecule has 0 spiro atoms. The van der Waals surface area contributed by atoms with Gasteiger partial charge in [-0.25, -0.2) is 4.39 Å². The van der Waals surface area contributed by atoms with Gasteiger partial charge in [-0.15, -0.1) is 0 Å². The smallest absolute Gasteiger partial charge is 0.254 e. The standard InChI is InChI=1S/C23H25FN2O2/c1-2-25-22(28)23(14-16-6-4-3-5-7-16)15-19-12-13-20(23)26(19)21(27)17-8-10-18(24)11-9-17/h3-11,19-20H,2,12-15H2,1H3,(H,25,28)/t19-,20+,23+/m0/s1. The summed E-state index contributed by atoms with van der Waals surface area (Å²) in [5.74, 6) is -0.434. The lowest BCUT2D eigenvalue weighted by Gasteiger charge is -2.36. The van der Waals surface area contributed by atoms with Crippen molar-refractivity contribution in [3.63, 3.8) is 0 Å². The minimum atomic E-state index is -0.615. The lowest BCUT2D eigenvalue weighted by Crippen LogP contribution is -2.51. The van der Waals surface area contributed by atoms with Crippen molar-refractivity contribution in [1.82, 2.24) is 10.2 Å². The molecule has 3 atom stereocenters. The maximum absolute atomic E-state index is 13.3. The van der Waals surface area contributed by atoms with Crippen LogP contribution in [0.3, 0.4) is 0 Å². The summed E-state index contributed by atoms with van der Waals surface area (Å²) < 4.78 is 13.3. The van der Waals surface area contributed by atoms with Crippen LogP contribution in [0.5, 0.6) is 0 Å². The molecule has 0 unspecified atom stereocenters. The van der Waals surface area contributed by atoms with Crippen molar-refractivity contribution in [2.45, 2.75) is 44.7 Å². The molecular formula is C23H25FN2O2. The molecule has 4 nitrogen and oxygen atoms in total. The Morgan fingerprint density at radius 1 is 1.11 bits per heavy atom. The summed E-state index contributed by atoms with van der Waals surface area (Å²) in [4.78, 5) is 28.3. The molecule has 146 valence electrons. The normalized spacial score (nSPS) is 25.7. The molecule has 2 heterocycles. The van der Waals surface area contributed by atoms with E-state index in [-0.39, 0.29) is 29.7 Å². The van der Waals surface area contributed by atoms with Gasteiger partial charge < -0.3 is 10.2 Å². The molecule has 0 aliphatic carbocycles.